The predicted molar refractivity (Wildman–Crippen MR) is 166 cm³/mol. The molecule has 4 aromatic rings. The molecule has 3 aromatic heterocycles. The zero-order chi connectivity index (χ0) is 29.8. The van der Waals surface area contributed by atoms with Crippen molar-refractivity contribution >= 4 is 46.3 Å². The minimum atomic E-state index is -0.185. The van der Waals surface area contributed by atoms with Crippen molar-refractivity contribution in [1.29, 1.82) is 0 Å². The summed E-state index contributed by atoms with van der Waals surface area (Å²) in [5, 5.41) is 11.0. The van der Waals surface area contributed by atoms with E-state index in [2.05, 4.69) is 5.10 Å². The third kappa shape index (κ3) is 6.53. The maximum Gasteiger partial charge on any atom is 0.157 e. The number of methoxy groups -OCH3 is 2. The van der Waals surface area contributed by atoms with E-state index in [-0.39, 0.29) is 12.5 Å². The van der Waals surface area contributed by atoms with Gasteiger partial charge in [-0.05, 0) is 56.7 Å². The fourth-order valence-electron chi connectivity index (χ4n) is 5.45. The molecule has 2 aliphatic rings. The van der Waals surface area contributed by atoms with Crippen LogP contribution >= 0.6 is 23.2 Å². The van der Waals surface area contributed by atoms with Crippen LogP contribution in [-0.4, -0.2) is 64.9 Å². The van der Waals surface area contributed by atoms with E-state index in [1.807, 2.05) is 40.0 Å². The van der Waals surface area contributed by atoms with E-state index in [0.29, 0.717) is 52.6 Å². The summed E-state index contributed by atoms with van der Waals surface area (Å²) in [6.45, 7) is 2.66. The van der Waals surface area contributed by atoms with Crippen LogP contribution in [-0.2, 0) is 20.8 Å². The number of halogens is 2. The van der Waals surface area contributed by atoms with Crippen molar-refractivity contribution in [3.05, 3.63) is 52.0 Å². The van der Waals surface area contributed by atoms with Crippen molar-refractivity contribution in [2.45, 2.75) is 57.6 Å². The molecule has 0 spiro atoms. The van der Waals surface area contributed by atoms with Crippen LogP contribution in [0.1, 0.15) is 56.0 Å². The fraction of sp³-hybridized carbons (Fsp3) is 0.452. The van der Waals surface area contributed by atoms with Crippen LogP contribution in [0.5, 0.6) is 11.5 Å². The summed E-state index contributed by atoms with van der Waals surface area (Å²) in [5.41, 5.74) is 3.70. The van der Waals surface area contributed by atoms with Crippen molar-refractivity contribution in [1.82, 2.24) is 24.5 Å². The van der Waals surface area contributed by atoms with Crippen LogP contribution in [0.25, 0.3) is 34.3 Å². The van der Waals surface area contributed by atoms with Gasteiger partial charge < -0.3 is 23.7 Å². The quantitative estimate of drug-likeness (QED) is 0.185. The normalized spacial score (nSPS) is 19.3. The molecule has 0 N–H and O–H groups in total. The highest BCUT2D eigenvalue weighted by molar-refractivity contribution is 6.41. The number of nitrogens with zero attached hydrogens (tertiary/aromatic N) is 5. The molecule has 228 valence electrons. The molecule has 43 heavy (non-hydrogen) atoms. The van der Waals surface area contributed by atoms with Gasteiger partial charge in [-0.15, -0.1) is 0 Å². The summed E-state index contributed by atoms with van der Waals surface area (Å²) >= 11 is 13.5. The third-order valence-electron chi connectivity index (χ3n) is 7.73. The molecule has 10 nitrogen and oxygen atoms in total. The second-order valence-electron chi connectivity index (χ2n) is 10.6. The summed E-state index contributed by atoms with van der Waals surface area (Å²) in [7, 11) is 3.10. The molecule has 2 unspecified atom stereocenters. The summed E-state index contributed by atoms with van der Waals surface area (Å²) < 4.78 is 32.4. The van der Waals surface area contributed by atoms with Gasteiger partial charge in [-0.1, -0.05) is 23.2 Å². The first kappa shape index (κ1) is 29.9. The first-order chi connectivity index (χ1) is 21.1. The molecule has 2 saturated heterocycles. The maximum absolute atomic E-state index is 6.73. The number of fused-ring (bicyclic) bond motifs is 1. The Morgan fingerprint density at radius 3 is 2.42 bits per heavy atom. The lowest BCUT2D eigenvalue weighted by Crippen LogP contribution is -2.24. The summed E-state index contributed by atoms with van der Waals surface area (Å²) in [6.07, 6.45) is 15.5. The molecular weight excluding hydrogens is 593 g/mol. The van der Waals surface area contributed by atoms with Crippen molar-refractivity contribution in [3.63, 3.8) is 0 Å². The first-order valence-corrected chi connectivity index (χ1v) is 15.3. The molecule has 2 aliphatic heterocycles. The molecule has 0 aliphatic carbocycles. The summed E-state index contributed by atoms with van der Waals surface area (Å²) in [5.74, 6) is 0.893. The Labute approximate surface area is 260 Å². The van der Waals surface area contributed by atoms with Gasteiger partial charge in [0.1, 0.15) is 11.5 Å². The lowest BCUT2D eigenvalue weighted by molar-refractivity contribution is -0.163. The molecule has 2 fully saturated rings. The number of rotatable bonds is 10. The molecule has 5 heterocycles. The smallest absolute Gasteiger partial charge is 0.157 e. The van der Waals surface area contributed by atoms with Gasteiger partial charge in [-0.25, -0.2) is 4.68 Å². The van der Waals surface area contributed by atoms with Crippen LogP contribution in [0.15, 0.2) is 30.7 Å². The van der Waals surface area contributed by atoms with E-state index in [0.717, 1.165) is 67.3 Å². The molecule has 0 bridgehead atoms. The molecule has 0 saturated carbocycles. The van der Waals surface area contributed by atoms with Gasteiger partial charge in [-0.2, -0.15) is 10.2 Å². The van der Waals surface area contributed by atoms with Gasteiger partial charge >= 0.3 is 0 Å². The van der Waals surface area contributed by atoms with Gasteiger partial charge in [0.25, 0.3) is 0 Å². The fourth-order valence-corrected chi connectivity index (χ4v) is 6.14. The highest BCUT2D eigenvalue weighted by atomic mass is 35.5. The van der Waals surface area contributed by atoms with Gasteiger partial charge in [0.2, 0.25) is 0 Å². The second kappa shape index (κ2) is 13.7. The predicted octanol–water partition coefficient (Wildman–Crippen LogP) is 7.03. The summed E-state index contributed by atoms with van der Waals surface area (Å²) in [4.78, 5) is 4.75. The number of benzene rings is 1. The lowest BCUT2D eigenvalue weighted by Gasteiger charge is -2.23. The first-order valence-electron chi connectivity index (χ1n) is 14.6. The van der Waals surface area contributed by atoms with Gasteiger partial charge in [-0.3, -0.25) is 9.67 Å². The Kier molecular flexibility index (Phi) is 9.49. The Morgan fingerprint density at radius 2 is 1.72 bits per heavy atom. The molecule has 1 aromatic carbocycles. The molecule has 12 heteroatoms. The Morgan fingerprint density at radius 1 is 0.953 bits per heavy atom. The zero-order valence-corrected chi connectivity index (χ0v) is 25.8. The van der Waals surface area contributed by atoms with E-state index in [1.165, 1.54) is 0 Å². The van der Waals surface area contributed by atoms with Crippen molar-refractivity contribution in [2.75, 3.05) is 34.0 Å². The molecular formula is C31H35Cl2N5O5. The topological polar surface area (TPSA) is 94.7 Å². The summed E-state index contributed by atoms with van der Waals surface area (Å²) in [6, 6.07) is 3.60. The van der Waals surface area contributed by atoms with Crippen molar-refractivity contribution < 1.29 is 23.7 Å². The lowest BCUT2D eigenvalue weighted by atomic mass is 10.1. The van der Waals surface area contributed by atoms with Crippen molar-refractivity contribution in [2.24, 2.45) is 0 Å². The molecule has 2 atom stereocenters. The minimum absolute atomic E-state index is 0.104. The number of ether oxygens (including phenoxy) is 5. The average molecular weight is 629 g/mol. The van der Waals surface area contributed by atoms with E-state index in [1.54, 1.807) is 26.5 Å². The zero-order valence-electron chi connectivity index (χ0n) is 24.3. The third-order valence-corrected chi connectivity index (χ3v) is 8.48. The number of aromatic nitrogens is 5. The molecule has 6 rings (SSSR count). The average Bonchev–Trinajstić information content (AvgIpc) is 3.65. The Balaban J connectivity index is 1.29. The minimum Gasteiger partial charge on any atom is -0.495 e. The van der Waals surface area contributed by atoms with E-state index in [9.17, 15) is 0 Å². The van der Waals surface area contributed by atoms with Crippen LogP contribution in [0.2, 0.25) is 10.0 Å². The second-order valence-corrected chi connectivity index (χ2v) is 11.3. The van der Waals surface area contributed by atoms with Crippen LogP contribution in [0.3, 0.4) is 0 Å². The Hall–Kier alpha value is -3.15. The van der Waals surface area contributed by atoms with Crippen LogP contribution in [0.4, 0.5) is 0 Å². The van der Waals surface area contributed by atoms with E-state index >= 15 is 0 Å². The molecule has 0 radical (unpaired) electrons. The van der Waals surface area contributed by atoms with Gasteiger partial charge in [0.15, 0.2) is 12.5 Å². The highest BCUT2D eigenvalue weighted by Crippen LogP contribution is 2.46. The standard InChI is InChI=1S/C31H35Cl2N5O5/c1-39-25-16-26(40-2)31(33)29(30(25)32)23-15-24-21(18-34-23)22(36-38(24)27-7-3-5-12-41-27)10-9-20-17-35-37(19-20)11-14-43-28-8-4-6-13-42-28/h9-10,15-19,27-28H,3-8,11-14H2,1-2H3/b10-9+. The molecule has 0 amide bonds. The maximum atomic E-state index is 6.73. The SMILES string of the molecule is COc1cc(OC)c(Cl)c(-c2cc3c(cn2)c(/C=C/c2cnn(CCOC4CCCCO4)c2)nn3C2CCCCO2)c1Cl. The number of hydrogen-bond donors (Lipinski definition) is 0. The highest BCUT2D eigenvalue weighted by Gasteiger charge is 2.24. The van der Waals surface area contributed by atoms with E-state index < -0.39 is 0 Å². The largest absolute Gasteiger partial charge is 0.495 e. The number of pyridine rings is 1. The van der Waals surface area contributed by atoms with Crippen molar-refractivity contribution in [3.8, 4) is 22.8 Å². The van der Waals surface area contributed by atoms with Crippen LogP contribution < -0.4 is 9.47 Å². The number of hydrogen-bond acceptors (Lipinski definition) is 8. The van der Waals surface area contributed by atoms with E-state index in [4.69, 9.17) is 57.0 Å². The van der Waals surface area contributed by atoms with Gasteiger partial charge in [0.05, 0.1) is 60.5 Å². The van der Waals surface area contributed by atoms with Crippen LogP contribution in [0, 0.1) is 0 Å². The monoisotopic (exact) mass is 627 g/mol. The van der Waals surface area contributed by atoms with Gasteiger partial charge in [0, 0.05) is 48.2 Å². The Bertz CT molecular complexity index is 1560.